The quantitative estimate of drug-likeness (QED) is 0.194. The number of aryl methyl sites for hydroxylation is 2. The van der Waals surface area contributed by atoms with E-state index in [1.807, 2.05) is 6.08 Å². The number of allylic oxidation sites excluding steroid dienone is 1. The Kier molecular flexibility index (Phi) is 7.65. The van der Waals surface area contributed by atoms with Gasteiger partial charge in [0.25, 0.3) is 0 Å². The highest BCUT2D eigenvalue weighted by Crippen LogP contribution is 2.41. The maximum absolute atomic E-state index is 15.1. The number of rotatable bonds is 6. The fourth-order valence-corrected chi connectivity index (χ4v) is 5.66. The molecule has 0 saturated heterocycles. The summed E-state index contributed by atoms with van der Waals surface area (Å²) < 4.78 is 77.2. The first kappa shape index (κ1) is 27.1. The zero-order valence-electron chi connectivity index (χ0n) is 20.4. The monoisotopic (exact) mass is 534 g/mol. The average molecular weight is 534 g/mol. The van der Waals surface area contributed by atoms with Crippen molar-refractivity contribution >= 4 is 12.9 Å². The number of hydrogen-bond donors (Lipinski definition) is 2. The molecular weight excluding hydrogens is 507 g/mol. The molecule has 0 unspecified atom stereocenters. The number of halogens is 4. The number of benzene rings is 3. The molecule has 0 aromatic heterocycles. The van der Waals surface area contributed by atoms with Crippen molar-refractivity contribution in [3.05, 3.63) is 89.0 Å². The third-order valence-electron chi connectivity index (χ3n) is 6.99. The van der Waals surface area contributed by atoms with Gasteiger partial charge in [-0.15, -0.1) is 6.58 Å². The van der Waals surface area contributed by atoms with E-state index in [1.165, 1.54) is 38.1 Å². The summed E-state index contributed by atoms with van der Waals surface area (Å²) in [5, 5.41) is -0.230. The summed E-state index contributed by atoms with van der Waals surface area (Å²) in [6.45, 7) is 6.80. The molecule has 4 nitrogen and oxygen atoms in total. The van der Waals surface area contributed by atoms with Crippen LogP contribution in [-0.4, -0.2) is 9.79 Å². The lowest BCUT2D eigenvalue weighted by atomic mass is 9.78. The van der Waals surface area contributed by atoms with Crippen LogP contribution in [0.5, 0.6) is 11.5 Å². The minimum atomic E-state index is -4.52. The molecule has 1 aliphatic carbocycles. The molecule has 0 aliphatic heterocycles. The predicted molar refractivity (Wildman–Crippen MR) is 134 cm³/mol. The maximum atomic E-state index is 15.1. The molecule has 1 fully saturated rings. The summed E-state index contributed by atoms with van der Waals surface area (Å²) in [5.41, 5.74) is -0.0221. The first-order valence-corrected chi connectivity index (χ1v) is 13.5. The highest BCUT2D eigenvalue weighted by Gasteiger charge is 2.27. The van der Waals surface area contributed by atoms with E-state index in [4.69, 9.17) is 4.74 Å². The lowest BCUT2D eigenvalue weighted by Gasteiger charge is -2.27. The Morgan fingerprint density at radius 1 is 0.865 bits per heavy atom. The van der Waals surface area contributed by atoms with Gasteiger partial charge in [-0.25, -0.2) is 13.2 Å². The SMILES string of the molecule is C=CC1CCC(c2ccc(-c3ccc(Oc4c(C)cc(P(=O)(O)O)cc4C)c(F)c3F)c(F)c2F)CC1. The number of hydrogen-bond acceptors (Lipinski definition) is 2. The van der Waals surface area contributed by atoms with Crippen molar-refractivity contribution in [2.45, 2.75) is 45.4 Å². The maximum Gasteiger partial charge on any atom is 0.356 e. The molecule has 0 heterocycles. The number of ether oxygens (including phenoxy) is 1. The molecule has 0 amide bonds. The summed E-state index contributed by atoms with van der Waals surface area (Å²) >= 11 is 0. The van der Waals surface area contributed by atoms with Crippen molar-refractivity contribution in [2.75, 3.05) is 0 Å². The fourth-order valence-electron chi connectivity index (χ4n) is 4.94. The van der Waals surface area contributed by atoms with Gasteiger partial charge in [-0.05, 0) is 92.3 Å². The van der Waals surface area contributed by atoms with Crippen LogP contribution in [-0.2, 0) is 4.57 Å². The Morgan fingerprint density at radius 3 is 1.95 bits per heavy atom. The third kappa shape index (κ3) is 5.37. The Morgan fingerprint density at radius 2 is 1.41 bits per heavy atom. The molecule has 1 aliphatic rings. The van der Waals surface area contributed by atoms with Crippen molar-refractivity contribution in [3.63, 3.8) is 0 Å². The molecule has 3 aromatic carbocycles. The molecule has 0 atom stereocenters. The normalized spacial score (nSPS) is 18.1. The second-order valence-corrected chi connectivity index (χ2v) is 11.1. The summed E-state index contributed by atoms with van der Waals surface area (Å²) in [6, 6.07) is 7.32. The van der Waals surface area contributed by atoms with Gasteiger partial charge in [0.05, 0.1) is 5.30 Å². The highest BCUT2D eigenvalue weighted by molar-refractivity contribution is 7.60. The molecule has 1 saturated carbocycles. The molecular formula is C28H27F4O4P. The van der Waals surface area contributed by atoms with E-state index in [0.29, 0.717) is 29.9 Å². The molecule has 9 heteroatoms. The van der Waals surface area contributed by atoms with Crippen molar-refractivity contribution in [3.8, 4) is 22.6 Å². The summed E-state index contributed by atoms with van der Waals surface area (Å²) in [6.07, 6.45) is 4.92. The van der Waals surface area contributed by atoms with Crippen LogP contribution in [0.15, 0.2) is 49.1 Å². The second-order valence-electron chi connectivity index (χ2n) is 9.47. The smallest absolute Gasteiger partial charge is 0.356 e. The lowest BCUT2D eigenvalue weighted by molar-refractivity contribution is 0.364. The van der Waals surface area contributed by atoms with Gasteiger partial charge in [-0.2, -0.15) is 4.39 Å². The van der Waals surface area contributed by atoms with Gasteiger partial charge in [0, 0.05) is 11.1 Å². The zero-order valence-corrected chi connectivity index (χ0v) is 21.3. The zero-order chi connectivity index (χ0) is 27.1. The van der Waals surface area contributed by atoms with Gasteiger partial charge in [0.2, 0.25) is 5.82 Å². The van der Waals surface area contributed by atoms with Crippen LogP contribution in [0.4, 0.5) is 17.6 Å². The lowest BCUT2D eigenvalue weighted by Crippen LogP contribution is -2.13. The van der Waals surface area contributed by atoms with E-state index in [2.05, 4.69) is 6.58 Å². The van der Waals surface area contributed by atoms with Gasteiger partial charge in [-0.3, -0.25) is 4.57 Å². The van der Waals surface area contributed by atoms with Crippen molar-refractivity contribution < 1.29 is 36.7 Å². The van der Waals surface area contributed by atoms with Gasteiger partial charge in [-0.1, -0.05) is 18.2 Å². The minimum absolute atomic E-state index is 0.0935. The molecule has 4 rings (SSSR count). The second kappa shape index (κ2) is 10.4. The molecule has 0 spiro atoms. The summed E-state index contributed by atoms with van der Waals surface area (Å²) in [4.78, 5) is 18.8. The van der Waals surface area contributed by atoms with Crippen molar-refractivity contribution in [1.82, 2.24) is 0 Å². The molecule has 2 N–H and O–H groups in total. The predicted octanol–water partition coefficient (Wildman–Crippen LogP) is 7.58. The summed E-state index contributed by atoms with van der Waals surface area (Å²) in [5.74, 6) is -5.31. The first-order valence-electron chi connectivity index (χ1n) is 11.9. The van der Waals surface area contributed by atoms with E-state index in [0.717, 1.165) is 25.0 Å². The Bertz CT molecular complexity index is 1380. The van der Waals surface area contributed by atoms with Crippen LogP contribution in [0.2, 0.25) is 0 Å². The van der Waals surface area contributed by atoms with E-state index in [1.54, 1.807) is 0 Å². The Hall–Kier alpha value is -2.93. The first-order chi connectivity index (χ1) is 17.4. The summed E-state index contributed by atoms with van der Waals surface area (Å²) in [7, 11) is -4.52. The van der Waals surface area contributed by atoms with E-state index < -0.39 is 47.7 Å². The third-order valence-corrected chi connectivity index (χ3v) is 7.92. The van der Waals surface area contributed by atoms with E-state index >= 15 is 13.2 Å². The van der Waals surface area contributed by atoms with E-state index in [9.17, 15) is 18.7 Å². The molecule has 0 bridgehead atoms. The van der Waals surface area contributed by atoms with Gasteiger partial charge in [0.1, 0.15) is 5.75 Å². The van der Waals surface area contributed by atoms with Crippen LogP contribution >= 0.6 is 7.60 Å². The fraction of sp³-hybridized carbons (Fsp3) is 0.286. The largest absolute Gasteiger partial charge is 0.454 e. The molecule has 3 aromatic rings. The highest BCUT2D eigenvalue weighted by atomic mass is 31.2. The topological polar surface area (TPSA) is 66.8 Å². The van der Waals surface area contributed by atoms with Crippen LogP contribution in [0.3, 0.4) is 0 Å². The molecule has 0 radical (unpaired) electrons. The van der Waals surface area contributed by atoms with E-state index in [-0.39, 0.29) is 22.5 Å². The van der Waals surface area contributed by atoms with Gasteiger partial charge in [0.15, 0.2) is 23.2 Å². The van der Waals surface area contributed by atoms with Crippen LogP contribution in [0.1, 0.15) is 48.3 Å². The van der Waals surface area contributed by atoms with Gasteiger partial charge < -0.3 is 14.5 Å². The Balaban J connectivity index is 1.64. The standard InChI is InChI=1S/C28H27F4O4P/c1-4-17-5-7-18(8-6-17)20-9-10-21(25(30)24(20)29)22-11-12-23(27(32)26(22)31)36-28-15(2)13-19(14-16(28)3)37(33,34)35/h4,9-14,17-18H,1,5-8H2,2-3H3,(H2,33,34,35). The van der Waals surface area contributed by atoms with Crippen LogP contribution in [0, 0.1) is 43.0 Å². The van der Waals surface area contributed by atoms with Crippen LogP contribution < -0.4 is 10.0 Å². The van der Waals surface area contributed by atoms with Crippen molar-refractivity contribution in [1.29, 1.82) is 0 Å². The molecule has 196 valence electrons. The van der Waals surface area contributed by atoms with Gasteiger partial charge >= 0.3 is 7.60 Å². The minimum Gasteiger partial charge on any atom is -0.454 e. The van der Waals surface area contributed by atoms with Crippen LogP contribution in [0.25, 0.3) is 11.1 Å². The molecule has 37 heavy (non-hydrogen) atoms. The van der Waals surface area contributed by atoms with Crippen molar-refractivity contribution in [2.24, 2.45) is 5.92 Å². The average Bonchev–Trinajstić information content (AvgIpc) is 2.85. The Labute approximate surface area is 212 Å².